The molecule has 0 aromatic rings. The largest absolute Gasteiger partial charge is 1.00 e. The molecule has 0 radical (unpaired) electrons. The predicted molar refractivity (Wildman–Crippen MR) is 15.2 cm³/mol. The van der Waals surface area contributed by atoms with Gasteiger partial charge < -0.3 is 38.5 Å². The van der Waals surface area contributed by atoms with E-state index in [4.69, 9.17) is 38.5 Å². The SMILES string of the molecule is O=P([O-])([O-])[O-].O=P([O-])([O-])[O-].[Li+].[Li+].[Li+].[Li+].[Li+].[Li+]. The summed E-state index contributed by atoms with van der Waals surface area (Å²) in [6, 6.07) is 0. The van der Waals surface area contributed by atoms with Gasteiger partial charge in [-0.1, -0.05) is 0 Å². The molecule has 0 aliphatic rings. The average molecular weight is 232 g/mol. The minimum absolute atomic E-state index is 0. The minimum atomic E-state index is -5.39. The van der Waals surface area contributed by atoms with Crippen LogP contribution >= 0.6 is 15.6 Å². The van der Waals surface area contributed by atoms with Crippen molar-refractivity contribution in [2.24, 2.45) is 0 Å². The summed E-state index contributed by atoms with van der Waals surface area (Å²) in [6.45, 7) is 0. The van der Waals surface area contributed by atoms with Gasteiger partial charge in [0.25, 0.3) is 0 Å². The first-order chi connectivity index (χ1) is 4.00. The molecule has 64 valence electrons. The Kier molecular flexibility index (Phi) is 75.0. The van der Waals surface area contributed by atoms with Crippen molar-refractivity contribution in [1.82, 2.24) is 0 Å². The van der Waals surface area contributed by atoms with Crippen molar-refractivity contribution >= 4 is 15.6 Å². The smallest absolute Gasteiger partial charge is 0.822 e. The quantitative estimate of drug-likeness (QED) is 0.292. The second-order valence-electron chi connectivity index (χ2n) is 0.894. The Bertz CT molecular complexity index is 135. The second-order valence-corrected chi connectivity index (χ2v) is 2.68. The third-order valence-corrected chi connectivity index (χ3v) is 0. The van der Waals surface area contributed by atoms with E-state index in [9.17, 15) is 0 Å². The molecule has 0 bridgehead atoms. The van der Waals surface area contributed by atoms with E-state index in [1.165, 1.54) is 0 Å². The zero-order valence-electron chi connectivity index (χ0n) is 10.2. The van der Waals surface area contributed by atoms with E-state index in [-0.39, 0.29) is 113 Å². The molecule has 16 heteroatoms. The van der Waals surface area contributed by atoms with Crippen molar-refractivity contribution in [1.29, 1.82) is 0 Å². The molecule has 0 unspecified atom stereocenters. The van der Waals surface area contributed by atoms with Crippen LogP contribution in [0.5, 0.6) is 0 Å². The van der Waals surface area contributed by atoms with Crippen molar-refractivity contribution in [2.45, 2.75) is 0 Å². The predicted octanol–water partition coefficient (Wildman–Crippen LogP) is -23.6. The van der Waals surface area contributed by atoms with Crippen molar-refractivity contribution in [3.05, 3.63) is 0 Å². The van der Waals surface area contributed by atoms with Crippen LogP contribution in [0.1, 0.15) is 0 Å². The second kappa shape index (κ2) is 23.9. The van der Waals surface area contributed by atoms with Gasteiger partial charge in [0.1, 0.15) is 0 Å². The van der Waals surface area contributed by atoms with E-state index in [2.05, 4.69) is 0 Å². The summed E-state index contributed by atoms with van der Waals surface area (Å²) >= 11 is 0. The Balaban J connectivity index is -0.00000000970. The third-order valence-electron chi connectivity index (χ3n) is 0. The van der Waals surface area contributed by atoms with Crippen LogP contribution in [-0.2, 0) is 9.13 Å². The van der Waals surface area contributed by atoms with Gasteiger partial charge >= 0.3 is 113 Å². The van der Waals surface area contributed by atoms with Crippen LogP contribution in [-0.4, -0.2) is 0 Å². The normalized spacial score (nSPS) is 7.38. The average Bonchev–Trinajstić information content (AvgIpc) is 1.12. The molecule has 0 aromatic heterocycles. The van der Waals surface area contributed by atoms with Crippen molar-refractivity contribution in [3.63, 3.8) is 0 Å². The molecular weight excluding hydrogens is 232 g/mol. The van der Waals surface area contributed by atoms with Crippen LogP contribution in [0.3, 0.4) is 0 Å². The summed E-state index contributed by atoms with van der Waals surface area (Å²) in [5.41, 5.74) is 0. The van der Waals surface area contributed by atoms with E-state index in [1.807, 2.05) is 0 Å². The number of phosphoric acid groups is 2. The fourth-order valence-electron chi connectivity index (χ4n) is 0. The molecule has 16 heavy (non-hydrogen) atoms. The van der Waals surface area contributed by atoms with Crippen molar-refractivity contribution in [3.8, 4) is 0 Å². The number of rotatable bonds is 0. The molecule has 0 aliphatic heterocycles. The van der Waals surface area contributed by atoms with Gasteiger partial charge in [0.2, 0.25) is 0 Å². The zero-order chi connectivity index (χ0) is 9.00. The molecular formula is Li6O8P2. The van der Waals surface area contributed by atoms with Crippen LogP contribution in [0.4, 0.5) is 0 Å². The molecule has 0 aliphatic carbocycles. The molecule has 0 atom stereocenters. The first-order valence-electron chi connectivity index (χ1n) is 1.46. The summed E-state index contributed by atoms with van der Waals surface area (Å²) in [7, 11) is -10.8. The molecule has 0 rings (SSSR count). The Morgan fingerprint density at radius 3 is 0.438 bits per heavy atom. The fraction of sp³-hybridized carbons (Fsp3) is 0. The monoisotopic (exact) mass is 232 g/mol. The van der Waals surface area contributed by atoms with Crippen LogP contribution in [0.2, 0.25) is 0 Å². The summed E-state index contributed by atoms with van der Waals surface area (Å²) in [6.07, 6.45) is 0. The first-order valence-corrected chi connectivity index (χ1v) is 4.38. The molecule has 0 amide bonds. The molecule has 8 nitrogen and oxygen atoms in total. The number of hydrogen-bond acceptors (Lipinski definition) is 8. The summed E-state index contributed by atoms with van der Waals surface area (Å²) in [5.74, 6) is 0. The van der Waals surface area contributed by atoms with Gasteiger partial charge in [-0.05, 0) is 0 Å². The first kappa shape index (κ1) is 50.3. The van der Waals surface area contributed by atoms with Gasteiger partial charge in [-0.2, -0.15) is 15.6 Å². The van der Waals surface area contributed by atoms with E-state index >= 15 is 0 Å². The standard InChI is InChI=1S/6Li.2H3O4P/c;;;;;;2*1-5(2,3)4/h;;;;;;2*(H3,1,2,3,4)/q6*+1;;/p-6. The molecule has 0 fully saturated rings. The van der Waals surface area contributed by atoms with Crippen LogP contribution in [0, 0.1) is 0 Å². The van der Waals surface area contributed by atoms with Gasteiger partial charge in [0, 0.05) is 0 Å². The Morgan fingerprint density at radius 1 is 0.438 bits per heavy atom. The van der Waals surface area contributed by atoms with Gasteiger partial charge in [-0.25, -0.2) is 0 Å². The maximum atomic E-state index is 8.55. The molecule has 0 aromatic carbocycles. The van der Waals surface area contributed by atoms with Crippen molar-refractivity contribution in [2.75, 3.05) is 0 Å². The maximum absolute atomic E-state index is 8.55. The zero-order valence-corrected chi connectivity index (χ0v) is 11.9. The van der Waals surface area contributed by atoms with E-state index < -0.39 is 15.6 Å². The van der Waals surface area contributed by atoms with E-state index in [0.29, 0.717) is 0 Å². The molecule has 0 spiro atoms. The van der Waals surface area contributed by atoms with Gasteiger partial charge in [-0.15, -0.1) is 0 Å². The van der Waals surface area contributed by atoms with Gasteiger partial charge in [-0.3, -0.25) is 0 Å². The Labute approximate surface area is 165 Å². The minimum Gasteiger partial charge on any atom is -0.822 e. The maximum Gasteiger partial charge on any atom is 1.00 e. The fourth-order valence-corrected chi connectivity index (χ4v) is 0. The van der Waals surface area contributed by atoms with Gasteiger partial charge in [0.05, 0.1) is 0 Å². The topological polar surface area (TPSA) is 172 Å². The van der Waals surface area contributed by atoms with Gasteiger partial charge in [0.15, 0.2) is 0 Å². The Morgan fingerprint density at radius 2 is 0.438 bits per heavy atom. The third kappa shape index (κ3) is 347. The molecule has 0 heterocycles. The molecule has 0 saturated heterocycles. The summed E-state index contributed by atoms with van der Waals surface area (Å²) < 4.78 is 17.1. The summed E-state index contributed by atoms with van der Waals surface area (Å²) in [4.78, 5) is 51.3. The van der Waals surface area contributed by atoms with E-state index in [0.717, 1.165) is 0 Å². The van der Waals surface area contributed by atoms with Crippen LogP contribution in [0.25, 0.3) is 0 Å². The van der Waals surface area contributed by atoms with Crippen molar-refractivity contribution < 1.29 is 152 Å². The Hall–Kier alpha value is 3.80. The van der Waals surface area contributed by atoms with Crippen LogP contribution < -0.4 is 143 Å². The summed E-state index contributed by atoms with van der Waals surface area (Å²) in [5, 5.41) is 0. The van der Waals surface area contributed by atoms with Crippen LogP contribution in [0.15, 0.2) is 0 Å². The number of hydrogen-bond donors (Lipinski definition) is 0. The molecule has 0 saturated carbocycles. The van der Waals surface area contributed by atoms with E-state index in [1.54, 1.807) is 0 Å². The molecule has 0 N–H and O–H groups in total.